The van der Waals surface area contributed by atoms with Gasteiger partial charge in [-0.1, -0.05) is 25.1 Å². The van der Waals surface area contributed by atoms with E-state index in [1.807, 2.05) is 24.3 Å². The predicted octanol–water partition coefficient (Wildman–Crippen LogP) is 3.91. The molecule has 1 fully saturated rings. The van der Waals surface area contributed by atoms with E-state index in [0.29, 0.717) is 33.8 Å². The molecule has 0 spiro atoms. The fourth-order valence-electron chi connectivity index (χ4n) is 3.61. The van der Waals surface area contributed by atoms with Crippen LogP contribution in [-0.4, -0.2) is 41.5 Å². The van der Waals surface area contributed by atoms with Crippen LogP contribution in [0.15, 0.2) is 53.1 Å². The van der Waals surface area contributed by atoms with Crippen molar-refractivity contribution in [2.45, 2.75) is 19.8 Å². The molecule has 1 aliphatic rings. The van der Waals surface area contributed by atoms with Gasteiger partial charge in [-0.25, -0.2) is 9.78 Å². The average molecular weight is 378 g/mol. The number of hydrogen-bond donors (Lipinski definition) is 0. The molecule has 6 heteroatoms. The summed E-state index contributed by atoms with van der Waals surface area (Å²) in [6, 6.07) is 12.6. The quantitative estimate of drug-likeness (QED) is 0.644. The van der Waals surface area contributed by atoms with E-state index in [0.717, 1.165) is 25.9 Å². The van der Waals surface area contributed by atoms with Gasteiger partial charge in [-0.05, 0) is 43.0 Å². The van der Waals surface area contributed by atoms with Crippen molar-refractivity contribution in [2.75, 3.05) is 19.7 Å². The van der Waals surface area contributed by atoms with Gasteiger partial charge in [-0.2, -0.15) is 0 Å². The van der Waals surface area contributed by atoms with Crippen molar-refractivity contribution in [1.29, 1.82) is 0 Å². The second kappa shape index (κ2) is 7.84. The number of para-hydroxylation sites is 1. The Hall–Kier alpha value is -3.15. The van der Waals surface area contributed by atoms with E-state index >= 15 is 0 Å². The van der Waals surface area contributed by atoms with Crippen LogP contribution in [-0.2, 0) is 9.53 Å². The lowest BCUT2D eigenvalue weighted by Crippen LogP contribution is -2.41. The lowest BCUT2D eigenvalue weighted by atomic mass is 10.0. The molecule has 3 aromatic rings. The van der Waals surface area contributed by atoms with Crippen molar-refractivity contribution in [3.8, 4) is 11.5 Å². The summed E-state index contributed by atoms with van der Waals surface area (Å²) in [5, 5.41) is 0.682. The zero-order valence-corrected chi connectivity index (χ0v) is 15.8. The third kappa shape index (κ3) is 3.76. The van der Waals surface area contributed by atoms with Gasteiger partial charge in [-0.3, -0.25) is 4.79 Å². The number of nitrogens with zero attached hydrogens (tertiary/aromatic N) is 2. The minimum Gasteiger partial charge on any atom is -0.463 e. The van der Waals surface area contributed by atoms with E-state index in [4.69, 9.17) is 9.15 Å². The number of pyridine rings is 1. The molecule has 0 aliphatic carbocycles. The maximum Gasteiger partial charge on any atom is 0.339 e. The van der Waals surface area contributed by atoms with Crippen LogP contribution < -0.4 is 0 Å². The van der Waals surface area contributed by atoms with E-state index < -0.39 is 5.97 Å². The first-order chi connectivity index (χ1) is 13.6. The molecule has 144 valence electrons. The van der Waals surface area contributed by atoms with Crippen molar-refractivity contribution >= 4 is 22.8 Å². The second-order valence-electron chi connectivity index (χ2n) is 7.21. The number of rotatable bonds is 4. The molecule has 0 bridgehead atoms. The number of carbonyl (C=O) groups excluding carboxylic acids is 2. The topological polar surface area (TPSA) is 72.6 Å². The largest absolute Gasteiger partial charge is 0.463 e. The van der Waals surface area contributed by atoms with Crippen LogP contribution in [0.4, 0.5) is 0 Å². The van der Waals surface area contributed by atoms with Crippen LogP contribution in [0, 0.1) is 5.92 Å². The zero-order valence-electron chi connectivity index (χ0n) is 15.8. The average Bonchev–Trinajstić information content (AvgIpc) is 3.26. The Labute approximate surface area is 163 Å². The van der Waals surface area contributed by atoms with E-state index in [-0.39, 0.29) is 12.5 Å². The summed E-state index contributed by atoms with van der Waals surface area (Å²) in [6.45, 7) is 3.32. The summed E-state index contributed by atoms with van der Waals surface area (Å²) in [6.07, 6.45) is 3.67. The highest BCUT2D eigenvalue weighted by Crippen LogP contribution is 2.25. The van der Waals surface area contributed by atoms with E-state index in [1.165, 1.54) is 0 Å². The Morgan fingerprint density at radius 3 is 2.89 bits per heavy atom. The van der Waals surface area contributed by atoms with Crippen LogP contribution in [0.3, 0.4) is 0 Å². The van der Waals surface area contributed by atoms with Gasteiger partial charge in [0, 0.05) is 18.5 Å². The van der Waals surface area contributed by atoms with Gasteiger partial charge in [-0.15, -0.1) is 0 Å². The molecule has 1 aliphatic heterocycles. The zero-order chi connectivity index (χ0) is 19.5. The number of ether oxygens (including phenoxy) is 1. The number of carbonyl (C=O) groups is 2. The summed E-state index contributed by atoms with van der Waals surface area (Å²) < 4.78 is 10.8. The molecule has 1 atom stereocenters. The Morgan fingerprint density at radius 1 is 1.25 bits per heavy atom. The van der Waals surface area contributed by atoms with Crippen molar-refractivity contribution in [2.24, 2.45) is 5.92 Å². The molecule has 0 N–H and O–H groups in total. The third-order valence-electron chi connectivity index (χ3n) is 5.05. The standard InChI is InChI=1S/C22H22N2O4/c1-15-6-4-10-24(13-15)21(25)14-28-22(26)17-12-19(20-9-5-11-27-20)23-18-8-3-2-7-16(17)18/h2-3,5,7-9,11-12,15H,4,6,10,13-14H2,1H3/t15-/m0/s1. The van der Waals surface area contributed by atoms with Gasteiger partial charge in [0.05, 0.1) is 17.3 Å². The number of benzene rings is 1. The lowest BCUT2D eigenvalue weighted by Gasteiger charge is -2.30. The van der Waals surface area contributed by atoms with Crippen LogP contribution >= 0.6 is 0 Å². The number of aromatic nitrogens is 1. The third-order valence-corrected chi connectivity index (χ3v) is 5.05. The summed E-state index contributed by atoms with van der Waals surface area (Å²) in [4.78, 5) is 31.5. The van der Waals surface area contributed by atoms with E-state index in [1.54, 1.807) is 29.4 Å². The Kier molecular flexibility index (Phi) is 5.10. The number of hydrogen-bond acceptors (Lipinski definition) is 5. The summed E-state index contributed by atoms with van der Waals surface area (Å²) in [7, 11) is 0. The van der Waals surface area contributed by atoms with Crippen LogP contribution in [0.1, 0.15) is 30.1 Å². The smallest absolute Gasteiger partial charge is 0.339 e. The molecule has 0 saturated carbocycles. The molecule has 1 aromatic carbocycles. The molecule has 0 unspecified atom stereocenters. The molecule has 6 nitrogen and oxygen atoms in total. The first-order valence-electron chi connectivity index (χ1n) is 9.50. The van der Waals surface area contributed by atoms with Gasteiger partial charge in [0.25, 0.3) is 5.91 Å². The minimum atomic E-state index is -0.537. The summed E-state index contributed by atoms with van der Waals surface area (Å²) >= 11 is 0. The number of likely N-dealkylation sites (tertiary alicyclic amines) is 1. The Balaban J connectivity index is 1.56. The molecule has 2 aromatic heterocycles. The number of furan rings is 1. The van der Waals surface area contributed by atoms with Crippen molar-refractivity contribution < 1.29 is 18.7 Å². The lowest BCUT2D eigenvalue weighted by molar-refractivity contribution is -0.136. The van der Waals surface area contributed by atoms with Crippen molar-refractivity contribution in [3.63, 3.8) is 0 Å². The van der Waals surface area contributed by atoms with Crippen LogP contribution in [0.5, 0.6) is 0 Å². The molecule has 1 amide bonds. The highest BCUT2D eigenvalue weighted by molar-refractivity contribution is 6.05. The number of fused-ring (bicyclic) bond motifs is 1. The predicted molar refractivity (Wildman–Crippen MR) is 105 cm³/mol. The van der Waals surface area contributed by atoms with Crippen molar-refractivity contribution in [3.05, 3.63) is 54.3 Å². The molecular weight excluding hydrogens is 356 g/mol. The summed E-state index contributed by atoms with van der Waals surface area (Å²) in [5.41, 5.74) is 1.59. The molecule has 28 heavy (non-hydrogen) atoms. The minimum absolute atomic E-state index is 0.149. The molecular formula is C22H22N2O4. The van der Waals surface area contributed by atoms with Gasteiger partial charge in [0.2, 0.25) is 0 Å². The fourth-order valence-corrected chi connectivity index (χ4v) is 3.61. The molecule has 0 radical (unpaired) electrons. The first-order valence-corrected chi connectivity index (χ1v) is 9.50. The van der Waals surface area contributed by atoms with Gasteiger partial charge >= 0.3 is 5.97 Å². The van der Waals surface area contributed by atoms with Gasteiger partial charge < -0.3 is 14.1 Å². The normalized spacial score (nSPS) is 16.9. The summed E-state index contributed by atoms with van der Waals surface area (Å²) in [5.74, 6) is 0.362. The maximum atomic E-state index is 12.8. The Morgan fingerprint density at radius 2 is 2.11 bits per heavy atom. The number of esters is 1. The van der Waals surface area contributed by atoms with Gasteiger partial charge in [0.1, 0.15) is 5.69 Å². The van der Waals surface area contributed by atoms with Crippen molar-refractivity contribution in [1.82, 2.24) is 9.88 Å². The first kappa shape index (κ1) is 18.2. The number of amides is 1. The molecule has 4 rings (SSSR count). The van der Waals surface area contributed by atoms with E-state index in [2.05, 4.69) is 11.9 Å². The van der Waals surface area contributed by atoms with Crippen LogP contribution in [0.2, 0.25) is 0 Å². The second-order valence-corrected chi connectivity index (χ2v) is 7.21. The SMILES string of the molecule is C[C@H]1CCCN(C(=O)COC(=O)c2cc(-c3ccco3)nc3ccccc23)C1. The van der Waals surface area contributed by atoms with Crippen LogP contribution in [0.25, 0.3) is 22.4 Å². The molecule has 3 heterocycles. The highest BCUT2D eigenvalue weighted by atomic mass is 16.5. The van der Waals surface area contributed by atoms with Gasteiger partial charge in [0.15, 0.2) is 12.4 Å². The highest BCUT2D eigenvalue weighted by Gasteiger charge is 2.23. The van der Waals surface area contributed by atoms with E-state index in [9.17, 15) is 9.59 Å². The fraction of sp³-hybridized carbons (Fsp3) is 0.318. The Bertz CT molecular complexity index is 997. The number of piperidine rings is 1. The monoisotopic (exact) mass is 378 g/mol. The maximum absolute atomic E-state index is 12.8. The molecule has 1 saturated heterocycles.